The number of aromatic nitrogens is 4. The highest BCUT2D eigenvalue weighted by Crippen LogP contribution is 2.12. The third-order valence-electron chi connectivity index (χ3n) is 3.40. The summed E-state index contributed by atoms with van der Waals surface area (Å²) >= 11 is 0. The molecule has 0 aromatic carbocycles. The number of ether oxygens (including phenoxy) is 1. The number of hydrogen-bond acceptors (Lipinski definition) is 9. The molecule has 0 spiro atoms. The van der Waals surface area contributed by atoms with Gasteiger partial charge in [-0.2, -0.15) is 0 Å². The van der Waals surface area contributed by atoms with Crippen LogP contribution in [0.5, 0.6) is 0 Å². The van der Waals surface area contributed by atoms with Crippen LogP contribution in [0.1, 0.15) is 37.9 Å². The predicted molar refractivity (Wildman–Crippen MR) is 106 cm³/mol. The van der Waals surface area contributed by atoms with Gasteiger partial charge in [-0.05, 0) is 45.0 Å². The summed E-state index contributed by atoms with van der Waals surface area (Å²) in [6, 6.07) is 8.47. The molecule has 0 fully saturated rings. The number of anilines is 1. The number of nitrogens with one attached hydrogen (secondary N) is 2. The molecule has 0 saturated carbocycles. The van der Waals surface area contributed by atoms with Crippen LogP contribution in [0.3, 0.4) is 0 Å². The van der Waals surface area contributed by atoms with Crippen LogP contribution in [0.25, 0.3) is 0 Å². The lowest BCUT2D eigenvalue weighted by atomic mass is 10.2. The number of pyridine rings is 2. The van der Waals surface area contributed by atoms with Crippen LogP contribution in [0, 0.1) is 0 Å². The fourth-order valence-corrected chi connectivity index (χ4v) is 2.27. The highest BCUT2D eigenvalue weighted by atomic mass is 16.6. The first-order valence-electron chi connectivity index (χ1n) is 8.93. The van der Waals surface area contributed by atoms with Crippen molar-refractivity contribution in [3.8, 4) is 0 Å². The minimum Gasteiger partial charge on any atom is -0.444 e. The van der Waals surface area contributed by atoms with Gasteiger partial charge in [-0.15, -0.1) is 0 Å². The van der Waals surface area contributed by atoms with Gasteiger partial charge in [-0.25, -0.2) is 14.6 Å². The molecule has 3 rings (SSSR count). The molecule has 0 radical (unpaired) electrons. The third kappa shape index (κ3) is 5.99. The number of oxime groups is 1. The van der Waals surface area contributed by atoms with E-state index in [0.717, 1.165) is 0 Å². The molecule has 3 heterocycles. The Labute approximate surface area is 171 Å². The van der Waals surface area contributed by atoms with Crippen molar-refractivity contribution in [1.29, 1.82) is 0 Å². The van der Waals surface area contributed by atoms with Crippen molar-refractivity contribution in [2.75, 3.05) is 5.32 Å². The highest BCUT2D eigenvalue weighted by molar-refractivity contribution is 6.09. The van der Waals surface area contributed by atoms with Gasteiger partial charge in [0.05, 0.1) is 5.69 Å². The number of nitrogens with zero attached hydrogens (tertiary/aromatic N) is 4. The van der Waals surface area contributed by atoms with Crippen LogP contribution in [-0.2, 0) is 16.2 Å². The normalized spacial score (nSPS) is 11.8. The van der Waals surface area contributed by atoms with E-state index in [9.17, 15) is 9.59 Å². The van der Waals surface area contributed by atoms with Gasteiger partial charge in [0.15, 0.2) is 12.3 Å². The summed E-state index contributed by atoms with van der Waals surface area (Å²) in [6.07, 6.45) is 2.53. The minimum absolute atomic E-state index is 0.00428. The second-order valence-corrected chi connectivity index (χ2v) is 7.04. The Hall–Kier alpha value is -4.02. The van der Waals surface area contributed by atoms with Crippen molar-refractivity contribution in [3.63, 3.8) is 0 Å². The van der Waals surface area contributed by atoms with E-state index in [2.05, 4.69) is 35.1 Å². The van der Waals surface area contributed by atoms with E-state index in [-0.39, 0.29) is 18.1 Å². The maximum atomic E-state index is 11.9. The zero-order valence-electron chi connectivity index (χ0n) is 16.6. The fraction of sp³-hybridized carbons (Fsp3) is 0.263. The summed E-state index contributed by atoms with van der Waals surface area (Å²) < 4.78 is 9.74. The summed E-state index contributed by atoms with van der Waals surface area (Å²) in [5, 5.41) is 10.2. The van der Waals surface area contributed by atoms with Crippen LogP contribution in [-0.4, -0.2) is 37.5 Å². The van der Waals surface area contributed by atoms with E-state index in [1.165, 1.54) is 0 Å². The molecule has 0 aliphatic carbocycles. The second-order valence-electron chi connectivity index (χ2n) is 7.04. The van der Waals surface area contributed by atoms with Crippen molar-refractivity contribution in [1.82, 2.24) is 20.1 Å². The number of H-pyrrole nitrogens is 1. The molecule has 3 aromatic heterocycles. The third-order valence-corrected chi connectivity index (χ3v) is 3.40. The number of carbonyl (C=O) groups excluding carboxylic acids is 1. The standard InChI is InChI=1S/C19H20N6O5/c1-19(2,3)29-17(26)22-14-8-4-7-13(21-14)11-28-24-15(12-6-5-9-20-10-12)16-23-18(27)30-25-16/h4-10H,11H2,1-3H3,(H,21,22,26)(H,23,25,27). The van der Waals surface area contributed by atoms with Gasteiger partial charge >= 0.3 is 11.8 Å². The van der Waals surface area contributed by atoms with Gasteiger partial charge in [-0.3, -0.25) is 19.8 Å². The van der Waals surface area contributed by atoms with Crippen molar-refractivity contribution < 1.29 is 18.9 Å². The Balaban J connectivity index is 1.71. The molecule has 2 N–H and O–H groups in total. The highest BCUT2D eigenvalue weighted by Gasteiger charge is 2.17. The first-order valence-corrected chi connectivity index (χ1v) is 8.93. The van der Waals surface area contributed by atoms with Crippen LogP contribution < -0.4 is 11.1 Å². The molecule has 1 amide bonds. The van der Waals surface area contributed by atoms with E-state index in [4.69, 9.17) is 9.57 Å². The van der Waals surface area contributed by atoms with Gasteiger partial charge in [0.1, 0.15) is 11.4 Å². The number of carbonyl (C=O) groups is 1. The summed E-state index contributed by atoms with van der Waals surface area (Å²) in [7, 11) is 0. The molecule has 0 atom stereocenters. The average molecular weight is 412 g/mol. The van der Waals surface area contributed by atoms with E-state index < -0.39 is 17.5 Å². The Kier molecular flexibility index (Phi) is 6.20. The molecule has 0 aliphatic heterocycles. The number of amides is 1. The molecule has 0 aliphatic rings. The van der Waals surface area contributed by atoms with Crippen LogP contribution in [0.2, 0.25) is 0 Å². The first kappa shape index (κ1) is 20.7. The summed E-state index contributed by atoms with van der Waals surface area (Å²) in [4.78, 5) is 39.3. The summed E-state index contributed by atoms with van der Waals surface area (Å²) in [5.41, 5.74) is 0.684. The quantitative estimate of drug-likeness (QED) is 0.464. The van der Waals surface area contributed by atoms with Gasteiger partial charge < -0.3 is 9.57 Å². The zero-order chi connectivity index (χ0) is 21.6. The maximum absolute atomic E-state index is 11.9. The lowest BCUT2D eigenvalue weighted by Crippen LogP contribution is -2.27. The smallest absolute Gasteiger partial charge is 0.439 e. The summed E-state index contributed by atoms with van der Waals surface area (Å²) in [6.45, 7) is 5.30. The molecular weight excluding hydrogens is 392 g/mol. The van der Waals surface area contributed by atoms with Gasteiger partial charge in [0, 0.05) is 18.0 Å². The van der Waals surface area contributed by atoms with E-state index in [1.54, 1.807) is 63.5 Å². The molecule has 0 bridgehead atoms. The maximum Gasteiger partial charge on any atom is 0.439 e. The van der Waals surface area contributed by atoms with Gasteiger partial charge in [0.2, 0.25) is 5.82 Å². The molecule has 3 aromatic rings. The molecule has 30 heavy (non-hydrogen) atoms. The van der Waals surface area contributed by atoms with Crippen molar-refractivity contribution >= 4 is 17.6 Å². The van der Waals surface area contributed by atoms with E-state index in [1.807, 2.05) is 0 Å². The molecule has 11 heteroatoms. The first-order chi connectivity index (χ1) is 14.3. The lowest BCUT2D eigenvalue weighted by Gasteiger charge is -2.19. The molecular formula is C19H20N6O5. The van der Waals surface area contributed by atoms with Gasteiger partial charge in [-0.1, -0.05) is 16.4 Å². The monoisotopic (exact) mass is 412 g/mol. The topological polar surface area (TPSA) is 145 Å². The van der Waals surface area contributed by atoms with Crippen molar-refractivity contribution in [2.45, 2.75) is 33.0 Å². The Morgan fingerprint density at radius 1 is 1.27 bits per heavy atom. The second kappa shape index (κ2) is 8.99. The fourth-order valence-electron chi connectivity index (χ4n) is 2.27. The average Bonchev–Trinajstić information content (AvgIpc) is 3.10. The molecule has 156 valence electrons. The molecule has 0 saturated heterocycles. The van der Waals surface area contributed by atoms with Crippen molar-refractivity contribution in [3.05, 3.63) is 70.4 Å². The minimum atomic E-state index is -0.718. The van der Waals surface area contributed by atoms with Crippen LogP contribution in [0.4, 0.5) is 10.6 Å². The molecule has 11 nitrogen and oxygen atoms in total. The number of aromatic amines is 1. The predicted octanol–water partition coefficient (Wildman–Crippen LogP) is 2.47. The Morgan fingerprint density at radius 2 is 2.10 bits per heavy atom. The number of rotatable bonds is 6. The zero-order valence-corrected chi connectivity index (χ0v) is 16.6. The van der Waals surface area contributed by atoms with Gasteiger partial charge in [0.25, 0.3) is 0 Å². The largest absolute Gasteiger partial charge is 0.444 e. The Bertz CT molecular complexity index is 1080. The summed E-state index contributed by atoms with van der Waals surface area (Å²) in [5.74, 6) is -0.312. The number of hydrogen-bond donors (Lipinski definition) is 2. The van der Waals surface area contributed by atoms with Crippen LogP contribution >= 0.6 is 0 Å². The Morgan fingerprint density at radius 3 is 2.77 bits per heavy atom. The van der Waals surface area contributed by atoms with E-state index in [0.29, 0.717) is 17.1 Å². The SMILES string of the molecule is CC(C)(C)OC(=O)Nc1cccc(CON=C(c2cccnc2)c2noc(=O)[nH]2)n1. The van der Waals surface area contributed by atoms with Crippen LogP contribution in [0.15, 0.2) is 57.2 Å². The molecule has 0 unspecified atom stereocenters. The van der Waals surface area contributed by atoms with Crippen molar-refractivity contribution in [2.24, 2.45) is 5.16 Å². The van der Waals surface area contributed by atoms with E-state index >= 15 is 0 Å². The lowest BCUT2D eigenvalue weighted by molar-refractivity contribution is 0.0635.